The molecule has 1 aromatic carbocycles. The lowest BCUT2D eigenvalue weighted by Crippen LogP contribution is -2.20. The Bertz CT molecular complexity index is 317. The SMILES string of the molecule is Cc1ccc(F)c(C(O)C(O)CBr)c1. The zero-order valence-corrected chi connectivity index (χ0v) is 9.33. The van der Waals surface area contributed by atoms with Gasteiger partial charge in [-0.3, -0.25) is 0 Å². The molecule has 0 spiro atoms. The summed E-state index contributed by atoms with van der Waals surface area (Å²) >= 11 is 3.02. The van der Waals surface area contributed by atoms with Crippen molar-refractivity contribution in [2.24, 2.45) is 0 Å². The number of aliphatic hydroxyl groups is 2. The molecule has 0 aliphatic heterocycles. The Morgan fingerprint density at radius 3 is 2.64 bits per heavy atom. The maximum atomic E-state index is 13.2. The molecular weight excluding hydrogens is 251 g/mol. The number of hydrogen-bond acceptors (Lipinski definition) is 2. The van der Waals surface area contributed by atoms with Gasteiger partial charge in [0.2, 0.25) is 0 Å². The summed E-state index contributed by atoms with van der Waals surface area (Å²) in [4.78, 5) is 0. The van der Waals surface area contributed by atoms with E-state index in [9.17, 15) is 14.6 Å². The first-order chi connectivity index (χ1) is 6.56. The molecule has 2 atom stereocenters. The summed E-state index contributed by atoms with van der Waals surface area (Å²) in [5.41, 5.74) is 0.985. The summed E-state index contributed by atoms with van der Waals surface area (Å²) in [7, 11) is 0. The van der Waals surface area contributed by atoms with E-state index in [1.807, 2.05) is 0 Å². The number of aliphatic hydroxyl groups excluding tert-OH is 2. The van der Waals surface area contributed by atoms with Crippen molar-refractivity contribution in [2.75, 3.05) is 5.33 Å². The topological polar surface area (TPSA) is 40.5 Å². The van der Waals surface area contributed by atoms with Gasteiger partial charge in [0.1, 0.15) is 11.9 Å². The standard InChI is InChI=1S/C10H12BrFO2/c1-6-2-3-8(12)7(4-6)10(14)9(13)5-11/h2-4,9-10,13-14H,5H2,1H3. The third-order valence-electron chi connectivity index (χ3n) is 1.99. The molecule has 1 rings (SSSR count). The third kappa shape index (κ3) is 2.53. The molecule has 2 nitrogen and oxygen atoms in total. The number of aryl methyl sites for hydroxylation is 1. The van der Waals surface area contributed by atoms with Crippen LogP contribution in [0.5, 0.6) is 0 Å². The molecule has 0 aliphatic carbocycles. The minimum absolute atomic E-state index is 0.136. The fourth-order valence-corrected chi connectivity index (χ4v) is 1.54. The van der Waals surface area contributed by atoms with Gasteiger partial charge < -0.3 is 10.2 Å². The molecule has 2 unspecified atom stereocenters. The van der Waals surface area contributed by atoms with Gasteiger partial charge in [0.25, 0.3) is 0 Å². The van der Waals surface area contributed by atoms with E-state index in [4.69, 9.17) is 0 Å². The summed E-state index contributed by atoms with van der Waals surface area (Å²) in [6.45, 7) is 1.80. The molecule has 78 valence electrons. The van der Waals surface area contributed by atoms with Crippen molar-refractivity contribution in [1.82, 2.24) is 0 Å². The summed E-state index contributed by atoms with van der Waals surface area (Å²) in [5, 5.41) is 19.1. The maximum absolute atomic E-state index is 13.2. The minimum atomic E-state index is -1.19. The fraction of sp³-hybridized carbons (Fsp3) is 0.400. The van der Waals surface area contributed by atoms with Gasteiger partial charge in [0, 0.05) is 10.9 Å². The predicted molar refractivity (Wildman–Crippen MR) is 55.9 cm³/mol. The molecule has 0 fully saturated rings. The van der Waals surface area contributed by atoms with Crippen LogP contribution in [0.25, 0.3) is 0 Å². The first-order valence-corrected chi connectivity index (χ1v) is 5.36. The van der Waals surface area contributed by atoms with E-state index in [2.05, 4.69) is 15.9 Å². The summed E-state index contributed by atoms with van der Waals surface area (Å²) in [6.07, 6.45) is -2.18. The van der Waals surface area contributed by atoms with Gasteiger partial charge in [0.15, 0.2) is 0 Å². The Balaban J connectivity index is 2.99. The second-order valence-corrected chi connectivity index (χ2v) is 3.84. The van der Waals surface area contributed by atoms with Crippen molar-refractivity contribution >= 4 is 15.9 Å². The zero-order chi connectivity index (χ0) is 10.7. The van der Waals surface area contributed by atoms with Crippen LogP contribution in [-0.4, -0.2) is 21.6 Å². The highest BCUT2D eigenvalue weighted by Crippen LogP contribution is 2.22. The van der Waals surface area contributed by atoms with Crippen molar-refractivity contribution in [2.45, 2.75) is 19.1 Å². The monoisotopic (exact) mass is 262 g/mol. The number of benzene rings is 1. The van der Waals surface area contributed by atoms with Crippen molar-refractivity contribution < 1.29 is 14.6 Å². The van der Waals surface area contributed by atoms with E-state index in [1.54, 1.807) is 13.0 Å². The van der Waals surface area contributed by atoms with E-state index in [-0.39, 0.29) is 10.9 Å². The Hall–Kier alpha value is -0.450. The molecule has 2 N–H and O–H groups in total. The van der Waals surface area contributed by atoms with Crippen LogP contribution in [0.3, 0.4) is 0 Å². The second-order valence-electron chi connectivity index (χ2n) is 3.19. The Kier molecular flexibility index (Phi) is 4.04. The number of halogens is 2. The normalized spacial score (nSPS) is 15.2. The van der Waals surface area contributed by atoms with E-state index in [1.165, 1.54) is 12.1 Å². The fourth-order valence-electron chi connectivity index (χ4n) is 1.18. The van der Waals surface area contributed by atoms with Crippen LogP contribution >= 0.6 is 15.9 Å². The van der Waals surface area contributed by atoms with Crippen molar-refractivity contribution in [3.8, 4) is 0 Å². The van der Waals surface area contributed by atoms with Crippen LogP contribution in [0.2, 0.25) is 0 Å². The molecule has 0 bridgehead atoms. The Labute approximate surface area is 90.5 Å². The van der Waals surface area contributed by atoms with Crippen LogP contribution in [0, 0.1) is 12.7 Å². The molecule has 0 heterocycles. The third-order valence-corrected chi connectivity index (χ3v) is 2.66. The van der Waals surface area contributed by atoms with Crippen LogP contribution in [0.4, 0.5) is 4.39 Å². The Morgan fingerprint density at radius 1 is 1.43 bits per heavy atom. The lowest BCUT2D eigenvalue weighted by molar-refractivity contribution is 0.0320. The van der Waals surface area contributed by atoms with Gasteiger partial charge in [-0.25, -0.2) is 4.39 Å². The molecule has 0 aliphatic rings. The number of rotatable bonds is 3. The summed E-state index contributed by atoms with van der Waals surface area (Å²) in [6, 6.07) is 4.44. The molecular formula is C10H12BrFO2. The van der Waals surface area contributed by atoms with Crippen LogP contribution in [0.1, 0.15) is 17.2 Å². The van der Waals surface area contributed by atoms with E-state index < -0.39 is 18.0 Å². The quantitative estimate of drug-likeness (QED) is 0.818. The first kappa shape index (κ1) is 11.6. The van der Waals surface area contributed by atoms with Gasteiger partial charge in [-0.2, -0.15) is 0 Å². The van der Waals surface area contributed by atoms with Gasteiger partial charge in [0.05, 0.1) is 6.10 Å². The predicted octanol–water partition coefficient (Wildman–Crippen LogP) is 1.92. The second kappa shape index (κ2) is 4.87. The molecule has 0 saturated carbocycles. The maximum Gasteiger partial charge on any atom is 0.129 e. The average Bonchev–Trinajstić information content (AvgIpc) is 2.19. The van der Waals surface area contributed by atoms with Crippen LogP contribution < -0.4 is 0 Å². The van der Waals surface area contributed by atoms with Gasteiger partial charge in [-0.1, -0.05) is 33.6 Å². The van der Waals surface area contributed by atoms with Crippen molar-refractivity contribution in [3.05, 3.63) is 35.1 Å². The highest BCUT2D eigenvalue weighted by atomic mass is 79.9. The van der Waals surface area contributed by atoms with Gasteiger partial charge >= 0.3 is 0 Å². The largest absolute Gasteiger partial charge is 0.389 e. The molecule has 4 heteroatoms. The Morgan fingerprint density at radius 2 is 2.07 bits per heavy atom. The molecule has 14 heavy (non-hydrogen) atoms. The average molecular weight is 263 g/mol. The first-order valence-electron chi connectivity index (χ1n) is 4.24. The zero-order valence-electron chi connectivity index (χ0n) is 7.74. The van der Waals surface area contributed by atoms with E-state index in [0.717, 1.165) is 5.56 Å². The lowest BCUT2D eigenvalue weighted by Gasteiger charge is -2.16. The molecule has 0 amide bonds. The lowest BCUT2D eigenvalue weighted by atomic mass is 10.0. The van der Waals surface area contributed by atoms with Gasteiger partial charge in [-0.05, 0) is 13.0 Å². The molecule has 0 saturated heterocycles. The van der Waals surface area contributed by atoms with Crippen LogP contribution in [0.15, 0.2) is 18.2 Å². The smallest absolute Gasteiger partial charge is 0.129 e. The van der Waals surface area contributed by atoms with E-state index in [0.29, 0.717) is 0 Å². The molecule has 0 aromatic heterocycles. The van der Waals surface area contributed by atoms with Crippen molar-refractivity contribution in [1.29, 1.82) is 0 Å². The summed E-state index contributed by atoms with van der Waals surface area (Å²) < 4.78 is 13.2. The summed E-state index contributed by atoms with van der Waals surface area (Å²) in [5.74, 6) is -0.497. The van der Waals surface area contributed by atoms with Crippen molar-refractivity contribution in [3.63, 3.8) is 0 Å². The van der Waals surface area contributed by atoms with E-state index >= 15 is 0 Å². The highest BCUT2D eigenvalue weighted by Gasteiger charge is 2.20. The molecule has 0 radical (unpaired) electrons. The number of hydrogen-bond donors (Lipinski definition) is 2. The molecule has 1 aromatic rings. The van der Waals surface area contributed by atoms with Gasteiger partial charge in [-0.15, -0.1) is 0 Å². The number of alkyl halides is 1. The highest BCUT2D eigenvalue weighted by molar-refractivity contribution is 9.09. The minimum Gasteiger partial charge on any atom is -0.389 e. The van der Waals surface area contributed by atoms with Crippen LogP contribution in [-0.2, 0) is 0 Å².